The van der Waals surface area contributed by atoms with Crippen molar-refractivity contribution in [3.05, 3.63) is 41.8 Å². The van der Waals surface area contributed by atoms with Crippen LogP contribution in [0.1, 0.15) is 22.8 Å². The molecule has 0 aromatic heterocycles. The summed E-state index contributed by atoms with van der Waals surface area (Å²) in [5.74, 6) is 0. The molecule has 0 saturated carbocycles. The smallest absolute Gasteiger partial charge is 0.0995 e. The summed E-state index contributed by atoms with van der Waals surface area (Å²) in [6.45, 7) is 4.58. The summed E-state index contributed by atoms with van der Waals surface area (Å²) in [4.78, 5) is 0. The Kier molecular flexibility index (Phi) is 2.03. The first-order valence-electron chi connectivity index (χ1n) is 4.29. The molecule has 1 aromatic rings. The van der Waals surface area contributed by atoms with Gasteiger partial charge in [-0.25, -0.2) is 0 Å². The number of hydrogen-bond donors (Lipinski definition) is 0. The van der Waals surface area contributed by atoms with Gasteiger partial charge in [-0.15, -0.1) is 0 Å². The SMILES string of the molecule is [CH2]C1OCCc2cccc(C#N)c21. The molecular formula is C11H10NO. The molecule has 13 heavy (non-hydrogen) atoms. The largest absolute Gasteiger partial charge is 0.373 e. The van der Waals surface area contributed by atoms with Gasteiger partial charge in [0.1, 0.15) is 0 Å². The minimum Gasteiger partial charge on any atom is -0.373 e. The van der Waals surface area contributed by atoms with Crippen LogP contribution >= 0.6 is 0 Å². The lowest BCUT2D eigenvalue weighted by molar-refractivity contribution is 0.0729. The topological polar surface area (TPSA) is 33.0 Å². The summed E-state index contributed by atoms with van der Waals surface area (Å²) in [6, 6.07) is 7.93. The normalized spacial score (nSPS) is 20.5. The van der Waals surface area contributed by atoms with Gasteiger partial charge in [0.15, 0.2) is 0 Å². The van der Waals surface area contributed by atoms with Gasteiger partial charge < -0.3 is 4.74 Å². The molecule has 1 unspecified atom stereocenters. The molecule has 0 bridgehead atoms. The summed E-state index contributed by atoms with van der Waals surface area (Å²) < 4.78 is 5.38. The molecule has 0 aliphatic carbocycles. The third-order valence-electron chi connectivity index (χ3n) is 2.33. The van der Waals surface area contributed by atoms with Crippen molar-refractivity contribution in [3.8, 4) is 6.07 Å². The summed E-state index contributed by atoms with van der Waals surface area (Å²) in [5.41, 5.74) is 2.86. The summed E-state index contributed by atoms with van der Waals surface area (Å²) in [7, 11) is 0. The lowest BCUT2D eigenvalue weighted by Gasteiger charge is -2.23. The van der Waals surface area contributed by atoms with Crippen LogP contribution in [-0.2, 0) is 11.2 Å². The van der Waals surface area contributed by atoms with Crippen LogP contribution in [0.3, 0.4) is 0 Å². The van der Waals surface area contributed by atoms with Gasteiger partial charge in [-0.3, -0.25) is 0 Å². The number of ether oxygens (including phenoxy) is 1. The highest BCUT2D eigenvalue weighted by Crippen LogP contribution is 2.28. The fourth-order valence-electron chi connectivity index (χ4n) is 1.70. The zero-order valence-electron chi connectivity index (χ0n) is 7.29. The van der Waals surface area contributed by atoms with E-state index in [0.29, 0.717) is 12.2 Å². The van der Waals surface area contributed by atoms with E-state index in [4.69, 9.17) is 10.00 Å². The summed E-state index contributed by atoms with van der Waals surface area (Å²) in [5, 5.41) is 8.88. The van der Waals surface area contributed by atoms with Crippen molar-refractivity contribution in [2.75, 3.05) is 6.61 Å². The Balaban J connectivity index is 2.58. The predicted molar refractivity (Wildman–Crippen MR) is 48.9 cm³/mol. The summed E-state index contributed by atoms with van der Waals surface area (Å²) >= 11 is 0. The summed E-state index contributed by atoms with van der Waals surface area (Å²) in [6.07, 6.45) is 0.705. The van der Waals surface area contributed by atoms with E-state index in [-0.39, 0.29) is 6.10 Å². The van der Waals surface area contributed by atoms with Crippen molar-refractivity contribution in [2.24, 2.45) is 0 Å². The van der Waals surface area contributed by atoms with Crippen molar-refractivity contribution >= 4 is 0 Å². The highest BCUT2D eigenvalue weighted by atomic mass is 16.5. The predicted octanol–water partition coefficient (Wildman–Crippen LogP) is 2.01. The van der Waals surface area contributed by atoms with E-state index >= 15 is 0 Å². The van der Waals surface area contributed by atoms with E-state index < -0.39 is 0 Å². The lowest BCUT2D eigenvalue weighted by atomic mass is 9.94. The van der Waals surface area contributed by atoms with Crippen molar-refractivity contribution in [2.45, 2.75) is 12.5 Å². The Morgan fingerprint density at radius 2 is 2.38 bits per heavy atom. The van der Waals surface area contributed by atoms with Gasteiger partial charge in [-0.05, 0) is 25.0 Å². The van der Waals surface area contributed by atoms with E-state index in [1.54, 1.807) is 0 Å². The Morgan fingerprint density at radius 3 is 3.15 bits per heavy atom. The first-order chi connectivity index (χ1) is 6.33. The number of fused-ring (bicyclic) bond motifs is 1. The fraction of sp³-hybridized carbons (Fsp3) is 0.273. The number of nitrogens with zero attached hydrogens (tertiary/aromatic N) is 1. The van der Waals surface area contributed by atoms with Crippen molar-refractivity contribution in [1.82, 2.24) is 0 Å². The van der Waals surface area contributed by atoms with Crippen molar-refractivity contribution in [1.29, 1.82) is 5.26 Å². The molecule has 0 fully saturated rings. The van der Waals surface area contributed by atoms with Gasteiger partial charge in [0, 0.05) is 5.56 Å². The second kappa shape index (κ2) is 3.20. The van der Waals surface area contributed by atoms with Crippen LogP contribution < -0.4 is 0 Å². The molecule has 0 spiro atoms. The van der Waals surface area contributed by atoms with E-state index in [0.717, 1.165) is 12.0 Å². The molecule has 0 amide bonds. The highest BCUT2D eigenvalue weighted by Gasteiger charge is 2.19. The molecule has 2 heteroatoms. The van der Waals surface area contributed by atoms with Crippen LogP contribution in [0.15, 0.2) is 18.2 Å². The van der Waals surface area contributed by atoms with Gasteiger partial charge in [-0.1, -0.05) is 12.1 Å². The molecule has 1 aromatic carbocycles. The third-order valence-corrected chi connectivity index (χ3v) is 2.33. The van der Waals surface area contributed by atoms with Gasteiger partial charge in [-0.2, -0.15) is 5.26 Å². The Morgan fingerprint density at radius 1 is 1.54 bits per heavy atom. The second-order valence-corrected chi connectivity index (χ2v) is 3.10. The van der Waals surface area contributed by atoms with Crippen LogP contribution in [0.5, 0.6) is 0 Å². The molecular weight excluding hydrogens is 162 g/mol. The van der Waals surface area contributed by atoms with E-state index in [1.165, 1.54) is 5.56 Å². The van der Waals surface area contributed by atoms with Crippen LogP contribution in [-0.4, -0.2) is 6.61 Å². The van der Waals surface area contributed by atoms with Crippen molar-refractivity contribution in [3.63, 3.8) is 0 Å². The van der Waals surface area contributed by atoms with Gasteiger partial charge in [0.05, 0.1) is 24.3 Å². The van der Waals surface area contributed by atoms with E-state index in [1.807, 2.05) is 18.2 Å². The zero-order valence-corrected chi connectivity index (χ0v) is 7.29. The Bertz CT molecular complexity index is 365. The number of benzene rings is 1. The zero-order chi connectivity index (χ0) is 9.26. The first-order valence-corrected chi connectivity index (χ1v) is 4.29. The number of rotatable bonds is 0. The average molecular weight is 172 g/mol. The van der Waals surface area contributed by atoms with Crippen LogP contribution in [0, 0.1) is 18.3 Å². The van der Waals surface area contributed by atoms with E-state index in [2.05, 4.69) is 13.0 Å². The van der Waals surface area contributed by atoms with Gasteiger partial charge >= 0.3 is 0 Å². The number of hydrogen-bond acceptors (Lipinski definition) is 2. The Hall–Kier alpha value is -1.33. The fourth-order valence-corrected chi connectivity index (χ4v) is 1.70. The molecule has 1 radical (unpaired) electrons. The second-order valence-electron chi connectivity index (χ2n) is 3.10. The molecule has 1 atom stereocenters. The standard InChI is InChI=1S/C11H10NO/c1-8-11-9(5-6-13-8)3-2-4-10(11)7-12/h2-4,8H,1,5-6H2. The van der Waals surface area contributed by atoms with Crippen LogP contribution in [0.25, 0.3) is 0 Å². The maximum Gasteiger partial charge on any atom is 0.0995 e. The minimum atomic E-state index is -0.181. The molecule has 1 aliphatic rings. The molecule has 0 N–H and O–H groups in total. The van der Waals surface area contributed by atoms with Gasteiger partial charge in [0.2, 0.25) is 0 Å². The van der Waals surface area contributed by atoms with Crippen LogP contribution in [0.2, 0.25) is 0 Å². The number of nitriles is 1. The molecule has 1 heterocycles. The monoisotopic (exact) mass is 172 g/mol. The quantitative estimate of drug-likeness (QED) is 0.599. The van der Waals surface area contributed by atoms with Crippen LogP contribution in [0.4, 0.5) is 0 Å². The average Bonchev–Trinajstić information content (AvgIpc) is 2.17. The Labute approximate surface area is 77.8 Å². The van der Waals surface area contributed by atoms with Gasteiger partial charge in [0.25, 0.3) is 0 Å². The molecule has 0 saturated heterocycles. The molecule has 1 aliphatic heterocycles. The lowest BCUT2D eigenvalue weighted by Crippen LogP contribution is -2.15. The molecule has 2 nitrogen and oxygen atoms in total. The molecule has 65 valence electrons. The minimum absolute atomic E-state index is 0.181. The maximum atomic E-state index is 8.88. The third kappa shape index (κ3) is 1.32. The maximum absolute atomic E-state index is 8.88. The first kappa shape index (κ1) is 8.28. The molecule has 2 rings (SSSR count). The van der Waals surface area contributed by atoms with E-state index in [9.17, 15) is 0 Å². The van der Waals surface area contributed by atoms with Crippen molar-refractivity contribution < 1.29 is 4.74 Å². The highest BCUT2D eigenvalue weighted by molar-refractivity contribution is 5.45.